The lowest BCUT2D eigenvalue weighted by Crippen LogP contribution is -2.63. The number of carboxylic acids is 1. The topological polar surface area (TPSA) is 144 Å². The number of ether oxygens (including phenoxy) is 1. The first-order chi connectivity index (χ1) is 23.7. The number of pyridine rings is 1. The molecule has 5 aliphatic rings. The van der Waals surface area contributed by atoms with Gasteiger partial charge in [0.1, 0.15) is 11.4 Å². The maximum Gasteiger partial charge on any atom is 0.355 e. The molecule has 2 aromatic carbocycles. The Morgan fingerprint density at radius 2 is 1.76 bits per heavy atom. The van der Waals surface area contributed by atoms with E-state index in [1.165, 1.54) is 19.3 Å². The second-order valence-electron chi connectivity index (χ2n) is 14.6. The summed E-state index contributed by atoms with van der Waals surface area (Å²) in [6.07, 6.45) is 8.44. The van der Waals surface area contributed by atoms with Crippen molar-refractivity contribution in [3.8, 4) is 27.3 Å². The van der Waals surface area contributed by atoms with Gasteiger partial charge in [-0.3, -0.25) is 9.59 Å². The number of nitrogens with one attached hydrogen (secondary N) is 2. The van der Waals surface area contributed by atoms with Crippen LogP contribution in [0, 0.1) is 17.3 Å². The second-order valence-corrected chi connectivity index (χ2v) is 15.5. The van der Waals surface area contributed by atoms with Gasteiger partial charge in [-0.2, -0.15) is 0 Å². The smallest absolute Gasteiger partial charge is 0.355 e. The van der Waals surface area contributed by atoms with Crippen LogP contribution in [0.15, 0.2) is 60.0 Å². The number of amides is 2. The van der Waals surface area contributed by atoms with E-state index in [1.807, 2.05) is 17.5 Å². The molecule has 4 saturated carbocycles. The summed E-state index contributed by atoms with van der Waals surface area (Å²) in [7, 11) is 0. The fourth-order valence-corrected chi connectivity index (χ4v) is 10.5. The molecule has 4 fully saturated rings. The third kappa shape index (κ3) is 5.70. The van der Waals surface area contributed by atoms with Crippen LogP contribution in [0.5, 0.6) is 5.75 Å². The standard InChI is InChI=1S/C39H40N4O5S/c1-2-38-16-23-13-24(17-38)19-39(18-23,21-38)43-36(45)31-8-7-27(33(42-31)37(46)47)28-15-32-30(34-25(9-11-48-32)10-12-49-34)14-29(28)35(44)41-26-5-3-22(20-40)4-6-26/h3-8,10,12,14-15,23-24H,2,9,11,13,16-21,40H2,1H3,(H,41,44)(H,43,45)(H,46,47)/t23-,24+,38?,39?. The third-order valence-electron chi connectivity index (χ3n) is 11.4. The molecule has 49 heavy (non-hydrogen) atoms. The number of aromatic nitrogens is 1. The van der Waals surface area contributed by atoms with Gasteiger partial charge in [-0.15, -0.1) is 11.3 Å². The van der Waals surface area contributed by atoms with Crippen molar-refractivity contribution in [2.45, 2.75) is 70.4 Å². The molecule has 1 aliphatic heterocycles. The largest absolute Gasteiger partial charge is 0.493 e. The lowest BCUT2D eigenvalue weighted by Gasteiger charge is -2.62. The van der Waals surface area contributed by atoms with Crippen LogP contribution in [-0.4, -0.2) is 40.0 Å². The summed E-state index contributed by atoms with van der Waals surface area (Å²) in [4.78, 5) is 46.2. The molecule has 5 N–H and O–H groups in total. The van der Waals surface area contributed by atoms with Crippen LogP contribution in [0.1, 0.15) is 94.3 Å². The van der Waals surface area contributed by atoms with Crippen molar-refractivity contribution in [2.75, 3.05) is 11.9 Å². The number of carbonyl (C=O) groups is 3. The Morgan fingerprint density at radius 3 is 2.47 bits per heavy atom. The van der Waals surface area contributed by atoms with Crippen molar-refractivity contribution in [3.63, 3.8) is 0 Å². The average molecular weight is 677 g/mol. The lowest BCUT2D eigenvalue weighted by molar-refractivity contribution is -0.0795. The summed E-state index contributed by atoms with van der Waals surface area (Å²) in [5.41, 5.74) is 9.80. The third-order valence-corrected chi connectivity index (χ3v) is 12.4. The van der Waals surface area contributed by atoms with Crippen molar-refractivity contribution in [1.82, 2.24) is 10.3 Å². The monoisotopic (exact) mass is 676 g/mol. The van der Waals surface area contributed by atoms with E-state index in [9.17, 15) is 19.5 Å². The van der Waals surface area contributed by atoms with Crippen LogP contribution in [0.25, 0.3) is 21.6 Å². The first kappa shape index (κ1) is 31.7. The number of thiophene rings is 1. The maximum atomic E-state index is 14.0. The Hall–Kier alpha value is -4.54. The van der Waals surface area contributed by atoms with Gasteiger partial charge in [0, 0.05) is 51.3 Å². The molecular weight excluding hydrogens is 637 g/mol. The number of hydrogen-bond donors (Lipinski definition) is 4. The lowest BCUT2D eigenvalue weighted by atomic mass is 9.46. The van der Waals surface area contributed by atoms with Gasteiger partial charge in [0.15, 0.2) is 5.69 Å². The van der Waals surface area contributed by atoms with E-state index < -0.39 is 11.9 Å². The average Bonchev–Trinajstić information content (AvgIpc) is 3.48. The van der Waals surface area contributed by atoms with Gasteiger partial charge < -0.3 is 26.2 Å². The van der Waals surface area contributed by atoms with Crippen molar-refractivity contribution >= 4 is 34.8 Å². The number of carboxylic acid groups (broad SMARTS) is 1. The first-order valence-corrected chi connectivity index (χ1v) is 18.1. The number of nitrogens with zero attached hydrogens (tertiary/aromatic N) is 1. The Kier molecular flexibility index (Phi) is 7.83. The minimum Gasteiger partial charge on any atom is -0.493 e. The minimum atomic E-state index is -1.29. The molecular formula is C39H40N4O5S. The van der Waals surface area contributed by atoms with Gasteiger partial charge in [0.2, 0.25) is 0 Å². The summed E-state index contributed by atoms with van der Waals surface area (Å²) < 4.78 is 6.18. The number of benzene rings is 2. The molecule has 2 amide bonds. The molecule has 2 aromatic heterocycles. The van der Waals surface area contributed by atoms with Gasteiger partial charge in [-0.25, -0.2) is 9.78 Å². The number of anilines is 1. The first-order valence-electron chi connectivity index (χ1n) is 17.2. The highest BCUT2D eigenvalue weighted by molar-refractivity contribution is 7.13. The highest BCUT2D eigenvalue weighted by Crippen LogP contribution is 2.62. The van der Waals surface area contributed by atoms with Crippen LogP contribution in [0.2, 0.25) is 0 Å². The molecule has 4 bridgehead atoms. The molecule has 252 valence electrons. The molecule has 0 spiro atoms. The predicted octanol–water partition coefficient (Wildman–Crippen LogP) is 7.30. The van der Waals surface area contributed by atoms with Gasteiger partial charge >= 0.3 is 5.97 Å². The van der Waals surface area contributed by atoms with E-state index in [0.29, 0.717) is 48.4 Å². The quantitative estimate of drug-likeness (QED) is 0.153. The molecule has 4 aromatic rings. The van der Waals surface area contributed by atoms with Crippen LogP contribution in [-0.2, 0) is 13.0 Å². The SMILES string of the molecule is CCC12C[C@H]3C[C@@H](C1)CC(NC(=O)c1ccc(-c4cc5c(cc4C(=O)Nc4ccc(CN)cc4)-c4sccc4CCO5)c(C(=O)O)n1)(C3)C2. The highest BCUT2D eigenvalue weighted by atomic mass is 32.1. The summed E-state index contributed by atoms with van der Waals surface area (Å²) >= 11 is 1.57. The summed E-state index contributed by atoms with van der Waals surface area (Å²) in [5, 5.41) is 18.8. The van der Waals surface area contributed by atoms with E-state index in [2.05, 4.69) is 28.6 Å². The Labute approximate surface area is 289 Å². The highest BCUT2D eigenvalue weighted by Gasteiger charge is 2.57. The van der Waals surface area contributed by atoms with E-state index in [-0.39, 0.29) is 39.4 Å². The molecule has 9 rings (SSSR count). The number of aromatic carboxylic acids is 1. The van der Waals surface area contributed by atoms with E-state index in [4.69, 9.17) is 10.5 Å². The Bertz CT molecular complexity index is 1970. The van der Waals surface area contributed by atoms with Crippen molar-refractivity contribution in [1.29, 1.82) is 0 Å². The summed E-state index contributed by atoms with van der Waals surface area (Å²) in [6.45, 7) is 3.09. The van der Waals surface area contributed by atoms with Crippen LogP contribution >= 0.6 is 11.3 Å². The molecule has 4 aliphatic carbocycles. The molecule has 0 radical (unpaired) electrons. The van der Waals surface area contributed by atoms with Crippen LogP contribution in [0.3, 0.4) is 0 Å². The van der Waals surface area contributed by atoms with Gasteiger partial charge in [-0.1, -0.05) is 25.5 Å². The number of carbonyl (C=O) groups excluding carboxylic acids is 2. The summed E-state index contributed by atoms with van der Waals surface area (Å²) in [5.74, 6) is -0.248. The van der Waals surface area contributed by atoms with E-state index >= 15 is 0 Å². The maximum absolute atomic E-state index is 14.0. The van der Waals surface area contributed by atoms with Gasteiger partial charge in [-0.05, 0) is 115 Å². The summed E-state index contributed by atoms with van der Waals surface area (Å²) in [6, 6.07) is 16.0. The Morgan fingerprint density at radius 1 is 0.980 bits per heavy atom. The predicted molar refractivity (Wildman–Crippen MR) is 189 cm³/mol. The zero-order valence-corrected chi connectivity index (χ0v) is 28.3. The van der Waals surface area contributed by atoms with E-state index in [0.717, 1.165) is 47.3 Å². The number of nitrogens with two attached hydrogens (primary N) is 1. The molecule has 2 unspecified atom stereocenters. The number of rotatable bonds is 8. The van der Waals surface area contributed by atoms with Crippen molar-refractivity contribution in [3.05, 3.63) is 88.1 Å². The fourth-order valence-electron chi connectivity index (χ4n) is 9.53. The number of fused-ring (bicyclic) bond motifs is 3. The zero-order chi connectivity index (χ0) is 33.9. The minimum absolute atomic E-state index is 0.0580. The normalized spacial score (nSPS) is 24.7. The molecule has 9 nitrogen and oxygen atoms in total. The number of hydrogen-bond acceptors (Lipinski definition) is 7. The van der Waals surface area contributed by atoms with Crippen LogP contribution in [0.4, 0.5) is 5.69 Å². The van der Waals surface area contributed by atoms with Crippen molar-refractivity contribution in [2.24, 2.45) is 23.0 Å². The molecule has 3 heterocycles. The second kappa shape index (κ2) is 12.1. The molecule has 10 heteroatoms. The van der Waals surface area contributed by atoms with Gasteiger partial charge in [0.25, 0.3) is 11.8 Å². The molecule has 0 saturated heterocycles. The van der Waals surface area contributed by atoms with Crippen LogP contribution < -0.4 is 21.1 Å². The molecule has 4 atom stereocenters. The van der Waals surface area contributed by atoms with Gasteiger partial charge in [0.05, 0.1) is 6.61 Å². The van der Waals surface area contributed by atoms with Crippen molar-refractivity contribution < 1.29 is 24.2 Å². The fraction of sp³-hybridized carbons (Fsp3) is 0.385. The van der Waals surface area contributed by atoms with E-state index in [1.54, 1.807) is 47.7 Å². The zero-order valence-electron chi connectivity index (χ0n) is 27.5. The Balaban J connectivity index is 1.17.